The van der Waals surface area contributed by atoms with Crippen LogP contribution in [-0.4, -0.2) is 11.9 Å². The number of rotatable bonds is 1. The van der Waals surface area contributed by atoms with Crippen molar-refractivity contribution in [3.63, 3.8) is 0 Å². The van der Waals surface area contributed by atoms with Gasteiger partial charge in [-0.3, -0.25) is 0 Å². The maximum atomic E-state index is 8.77. The zero-order valence-corrected chi connectivity index (χ0v) is 7.78. The molecule has 0 atom stereocenters. The van der Waals surface area contributed by atoms with Crippen LogP contribution in [-0.2, 0) is 27.0 Å². The first-order valence-corrected chi connectivity index (χ1v) is 3.39. The first-order valence-electron chi connectivity index (χ1n) is 3.39. The topological polar surface area (TPSA) is 38.7 Å². The monoisotopic (exact) mass is 274 g/mol. The summed E-state index contributed by atoms with van der Waals surface area (Å²) in [6.07, 6.45) is 0. The molecule has 0 spiro atoms. The molecule has 0 amide bonds. The largest absolute Gasteiger partial charge is 0.454 e. The smallest absolute Gasteiger partial charge is 0.231 e. The van der Waals surface area contributed by atoms with Crippen molar-refractivity contribution >= 4 is 0 Å². The Labute approximate surface area is 91.3 Å². The molecule has 1 N–H and O–H groups in total. The zero-order valence-electron chi connectivity index (χ0n) is 6.23. The summed E-state index contributed by atoms with van der Waals surface area (Å²) in [7, 11) is 0. The van der Waals surface area contributed by atoms with Crippen molar-refractivity contribution in [2.75, 3.05) is 6.79 Å². The average Bonchev–Trinajstić information content (AvgIpc) is 2.50. The van der Waals surface area contributed by atoms with Gasteiger partial charge in [-0.25, -0.2) is 0 Å². The van der Waals surface area contributed by atoms with Gasteiger partial charge in [0.2, 0.25) is 6.79 Å². The quantitative estimate of drug-likeness (QED) is 0.790. The summed E-state index contributed by atoms with van der Waals surface area (Å²) in [6, 6.07) is 5.39. The molecule has 0 saturated carbocycles. The first-order chi connectivity index (χ1) is 5.40. The van der Waals surface area contributed by atoms with Crippen LogP contribution >= 0.6 is 0 Å². The summed E-state index contributed by atoms with van der Waals surface area (Å²) < 4.78 is 10.2. The second kappa shape index (κ2) is 5.23. The van der Waals surface area contributed by atoms with Gasteiger partial charge in [0, 0.05) is 20.4 Å². The molecule has 1 aliphatic rings. The molecule has 0 radical (unpaired) electrons. The van der Waals surface area contributed by atoms with Gasteiger partial charge in [0.15, 0.2) is 11.5 Å². The molecule has 0 saturated heterocycles. The van der Waals surface area contributed by atoms with Crippen LogP contribution < -0.4 is 9.47 Å². The fraction of sp³-hybridized carbons (Fsp3) is 0.333. The number of fused-ring (bicyclic) bond motifs is 1. The number of benzene rings is 1. The minimum absolute atomic E-state index is 0. The van der Waals surface area contributed by atoms with Crippen molar-refractivity contribution in [2.45, 2.75) is 14.0 Å². The van der Waals surface area contributed by atoms with Gasteiger partial charge in [-0.2, -0.15) is 0 Å². The van der Waals surface area contributed by atoms with Crippen molar-refractivity contribution in [3.8, 4) is 11.5 Å². The molecule has 0 bridgehead atoms. The maximum Gasteiger partial charge on any atom is 0.231 e. The second-order valence-corrected chi connectivity index (χ2v) is 2.35. The third-order valence-corrected chi connectivity index (χ3v) is 1.62. The molecule has 0 fully saturated rings. The second-order valence-electron chi connectivity index (χ2n) is 2.35. The Morgan fingerprint density at radius 3 is 2.62 bits per heavy atom. The Kier molecular flexibility index (Phi) is 5.01. The summed E-state index contributed by atoms with van der Waals surface area (Å²) >= 11 is 0. The van der Waals surface area contributed by atoms with E-state index in [-0.39, 0.29) is 41.2 Å². The van der Waals surface area contributed by atoms with Gasteiger partial charge in [0.25, 0.3) is 0 Å². The predicted molar refractivity (Wildman–Crippen MR) is 45.2 cm³/mol. The summed E-state index contributed by atoms with van der Waals surface area (Å²) in [6.45, 7) is 0.320. The van der Waals surface area contributed by atoms with Gasteiger partial charge in [-0.05, 0) is 17.7 Å². The summed E-state index contributed by atoms with van der Waals surface area (Å²) in [4.78, 5) is 0. The Bertz CT molecular complexity index is 276. The van der Waals surface area contributed by atoms with E-state index in [4.69, 9.17) is 14.6 Å². The summed E-state index contributed by atoms with van der Waals surface area (Å²) in [5, 5.41) is 8.77. The molecule has 0 unspecified atom stereocenters. The average molecular weight is 275 g/mol. The molecule has 1 aromatic carbocycles. The van der Waals surface area contributed by atoms with Crippen molar-refractivity contribution in [3.05, 3.63) is 23.8 Å². The van der Waals surface area contributed by atoms with Crippen LogP contribution in [0.2, 0.25) is 0 Å². The van der Waals surface area contributed by atoms with E-state index in [9.17, 15) is 0 Å². The Morgan fingerprint density at radius 1 is 1.23 bits per heavy atom. The van der Waals surface area contributed by atoms with Gasteiger partial charge in [-0.1, -0.05) is 13.5 Å². The number of ether oxygens (including phenoxy) is 2. The summed E-state index contributed by atoms with van der Waals surface area (Å²) in [5.41, 5.74) is 0.842. The molecule has 1 aliphatic heterocycles. The van der Waals surface area contributed by atoms with Crippen molar-refractivity contribution in [1.29, 1.82) is 0 Å². The van der Waals surface area contributed by atoms with Crippen molar-refractivity contribution in [1.82, 2.24) is 0 Å². The van der Waals surface area contributed by atoms with Crippen LogP contribution in [0.15, 0.2) is 18.2 Å². The van der Waals surface area contributed by atoms with Crippen LogP contribution in [0.1, 0.15) is 13.0 Å². The third-order valence-electron chi connectivity index (χ3n) is 1.62. The maximum absolute atomic E-state index is 8.77. The van der Waals surface area contributed by atoms with Crippen LogP contribution in [0.3, 0.4) is 0 Å². The zero-order chi connectivity index (χ0) is 7.68. The number of aliphatic hydroxyl groups excluding tert-OH is 1. The number of hydrogen-bond acceptors (Lipinski definition) is 3. The Morgan fingerprint density at radius 2 is 1.92 bits per heavy atom. The molecule has 1 aromatic rings. The van der Waals surface area contributed by atoms with Crippen LogP contribution in [0.5, 0.6) is 11.5 Å². The fourth-order valence-corrected chi connectivity index (χ4v) is 1.04. The number of aliphatic hydroxyl groups is 1. The van der Waals surface area contributed by atoms with E-state index in [0.717, 1.165) is 17.1 Å². The molecular formula is C9H12O3Pd. The molecule has 0 aromatic heterocycles. The molecule has 76 valence electrons. The molecule has 4 heteroatoms. The molecular weight excluding hydrogens is 263 g/mol. The standard InChI is InChI=1S/C8H8O3.CH4.Pd/c9-4-6-1-2-7-8(3-6)11-5-10-7;;/h1-3,9H,4-5H2;1H4;. The van der Waals surface area contributed by atoms with Gasteiger partial charge in [0.1, 0.15) is 0 Å². The first kappa shape index (κ1) is 12.4. The van der Waals surface area contributed by atoms with E-state index in [1.165, 1.54) is 0 Å². The number of hydrogen-bond donors (Lipinski definition) is 1. The molecule has 1 heterocycles. The molecule has 0 aliphatic carbocycles. The van der Waals surface area contributed by atoms with E-state index in [0.29, 0.717) is 0 Å². The van der Waals surface area contributed by atoms with Crippen LogP contribution in [0.25, 0.3) is 0 Å². The minimum Gasteiger partial charge on any atom is -0.454 e. The molecule has 2 rings (SSSR count). The van der Waals surface area contributed by atoms with Crippen molar-refractivity contribution < 1.29 is 35.0 Å². The predicted octanol–water partition coefficient (Wildman–Crippen LogP) is 1.54. The summed E-state index contributed by atoms with van der Waals surface area (Å²) in [5.74, 6) is 1.47. The SMILES string of the molecule is C.OCc1ccc2c(c1)OCO2.[Pd]. The normalized spacial score (nSPS) is 11.5. The van der Waals surface area contributed by atoms with Crippen molar-refractivity contribution in [2.24, 2.45) is 0 Å². The fourth-order valence-electron chi connectivity index (χ4n) is 1.04. The van der Waals surface area contributed by atoms with E-state index in [1.807, 2.05) is 6.07 Å². The van der Waals surface area contributed by atoms with Gasteiger partial charge in [-0.15, -0.1) is 0 Å². The van der Waals surface area contributed by atoms with Gasteiger partial charge < -0.3 is 14.6 Å². The third kappa shape index (κ3) is 2.44. The van der Waals surface area contributed by atoms with E-state index in [2.05, 4.69) is 0 Å². The van der Waals surface area contributed by atoms with E-state index in [1.54, 1.807) is 12.1 Å². The molecule has 3 nitrogen and oxygen atoms in total. The van der Waals surface area contributed by atoms with Crippen LogP contribution in [0.4, 0.5) is 0 Å². The van der Waals surface area contributed by atoms with Gasteiger partial charge in [0.05, 0.1) is 6.61 Å². The minimum atomic E-state index is 0. The van der Waals surface area contributed by atoms with Crippen LogP contribution in [0, 0.1) is 0 Å². The Balaban J connectivity index is 0.000000720. The van der Waals surface area contributed by atoms with Gasteiger partial charge >= 0.3 is 0 Å². The molecule has 13 heavy (non-hydrogen) atoms. The van der Waals surface area contributed by atoms with E-state index >= 15 is 0 Å². The Hall–Kier alpha value is -0.558. The van der Waals surface area contributed by atoms with E-state index < -0.39 is 0 Å².